The Bertz CT molecular complexity index is 656. The number of amides is 2. The van der Waals surface area contributed by atoms with E-state index in [4.69, 9.17) is 9.47 Å². The van der Waals surface area contributed by atoms with Gasteiger partial charge in [0.05, 0.1) is 24.3 Å². The molecule has 0 aromatic heterocycles. The van der Waals surface area contributed by atoms with Gasteiger partial charge < -0.3 is 24.8 Å². The van der Waals surface area contributed by atoms with Gasteiger partial charge in [0.25, 0.3) is 11.8 Å². The van der Waals surface area contributed by atoms with Gasteiger partial charge in [0.15, 0.2) is 6.29 Å². The third-order valence-electron chi connectivity index (χ3n) is 4.35. The first-order valence-electron chi connectivity index (χ1n) is 7.83. The lowest BCUT2D eigenvalue weighted by atomic mass is 9.95. The fourth-order valence-corrected chi connectivity index (χ4v) is 3.12. The van der Waals surface area contributed by atoms with Gasteiger partial charge in [0.2, 0.25) is 0 Å². The Morgan fingerprint density at radius 2 is 1.76 bits per heavy atom. The smallest absolute Gasteiger partial charge is 0.262 e. The number of imide groups is 1. The second-order valence-corrected chi connectivity index (χ2v) is 5.85. The third-order valence-corrected chi connectivity index (χ3v) is 4.35. The van der Waals surface area contributed by atoms with Gasteiger partial charge in [-0.15, -0.1) is 6.58 Å². The summed E-state index contributed by atoms with van der Waals surface area (Å²) in [4.78, 5) is 26.2. The van der Waals surface area contributed by atoms with Crippen LogP contribution in [0.1, 0.15) is 20.7 Å². The lowest BCUT2D eigenvalue weighted by Gasteiger charge is -2.44. The van der Waals surface area contributed by atoms with Crippen LogP contribution in [-0.4, -0.2) is 75.9 Å². The molecule has 8 nitrogen and oxygen atoms in total. The van der Waals surface area contributed by atoms with Crippen molar-refractivity contribution in [2.45, 2.75) is 30.6 Å². The molecule has 3 unspecified atom stereocenters. The van der Waals surface area contributed by atoms with Gasteiger partial charge in [-0.3, -0.25) is 14.5 Å². The molecule has 3 rings (SSSR count). The molecule has 2 aliphatic rings. The Kier molecular flexibility index (Phi) is 4.98. The minimum atomic E-state index is -1.54. The van der Waals surface area contributed by atoms with Crippen molar-refractivity contribution in [1.29, 1.82) is 0 Å². The molecule has 25 heavy (non-hydrogen) atoms. The molecule has 1 aromatic carbocycles. The summed E-state index contributed by atoms with van der Waals surface area (Å²) in [6.45, 7) is 2.99. The standard InChI is InChI=1S/C17H19NO7/c1-2-7-24-17-12(14(21)13(20)11(8-19)25-17)18-15(22)9-5-3-4-6-10(9)16(18)23/h2-6,11-14,17,19-21H,1,7-8H2/t11?,12?,13-,14?,17-/m1/s1. The summed E-state index contributed by atoms with van der Waals surface area (Å²) in [6.07, 6.45) is -3.90. The minimum Gasteiger partial charge on any atom is -0.394 e. The van der Waals surface area contributed by atoms with Gasteiger partial charge in [0, 0.05) is 0 Å². The van der Waals surface area contributed by atoms with Gasteiger partial charge in [-0.05, 0) is 12.1 Å². The molecule has 1 saturated heterocycles. The van der Waals surface area contributed by atoms with Crippen molar-refractivity contribution in [2.75, 3.05) is 13.2 Å². The summed E-state index contributed by atoms with van der Waals surface area (Å²) in [5, 5.41) is 29.9. The molecular formula is C17H19NO7. The molecule has 2 amide bonds. The number of hydrogen-bond donors (Lipinski definition) is 3. The van der Waals surface area contributed by atoms with Crippen molar-refractivity contribution in [3.05, 3.63) is 48.0 Å². The average molecular weight is 349 g/mol. The van der Waals surface area contributed by atoms with Crippen LogP contribution >= 0.6 is 0 Å². The van der Waals surface area contributed by atoms with Gasteiger partial charge in [-0.2, -0.15) is 0 Å². The van der Waals surface area contributed by atoms with Gasteiger partial charge in [-0.25, -0.2) is 0 Å². The Morgan fingerprint density at radius 1 is 1.16 bits per heavy atom. The zero-order chi connectivity index (χ0) is 18.1. The minimum absolute atomic E-state index is 0.0330. The topological polar surface area (TPSA) is 117 Å². The number of aliphatic hydroxyl groups excluding tert-OH is 3. The molecule has 0 spiro atoms. The number of carbonyl (C=O) groups is 2. The highest BCUT2D eigenvalue weighted by atomic mass is 16.7. The molecule has 0 saturated carbocycles. The van der Waals surface area contributed by atoms with E-state index in [-0.39, 0.29) is 17.7 Å². The molecule has 5 atom stereocenters. The molecule has 3 N–H and O–H groups in total. The largest absolute Gasteiger partial charge is 0.394 e. The van der Waals surface area contributed by atoms with Crippen LogP contribution in [0.4, 0.5) is 0 Å². The molecule has 8 heteroatoms. The van der Waals surface area contributed by atoms with Crippen LogP contribution < -0.4 is 0 Å². The molecule has 2 heterocycles. The van der Waals surface area contributed by atoms with Gasteiger partial charge in [-0.1, -0.05) is 18.2 Å². The number of nitrogens with zero attached hydrogens (tertiary/aromatic N) is 1. The first-order chi connectivity index (χ1) is 12.0. The first kappa shape index (κ1) is 17.7. The predicted octanol–water partition coefficient (Wildman–Crippen LogP) is -0.707. The van der Waals surface area contributed by atoms with E-state index in [2.05, 4.69) is 6.58 Å². The number of carbonyl (C=O) groups excluding carboxylic acids is 2. The van der Waals surface area contributed by atoms with Gasteiger partial charge in [0.1, 0.15) is 24.4 Å². The normalized spacial score (nSPS) is 32.0. The molecule has 2 aliphatic heterocycles. The van der Waals surface area contributed by atoms with E-state index in [1.165, 1.54) is 18.2 Å². The summed E-state index contributed by atoms with van der Waals surface area (Å²) >= 11 is 0. The molecule has 1 aromatic rings. The van der Waals surface area contributed by atoms with Crippen LogP contribution in [0.15, 0.2) is 36.9 Å². The highest BCUT2D eigenvalue weighted by Crippen LogP contribution is 2.32. The molecule has 1 fully saturated rings. The SMILES string of the molecule is C=CCO[C@@H]1OC(CO)[C@@H](O)C(O)C1N1C(=O)c2ccccc2C1=O. The summed E-state index contributed by atoms with van der Waals surface area (Å²) < 4.78 is 10.9. The van der Waals surface area contributed by atoms with Crippen molar-refractivity contribution in [3.8, 4) is 0 Å². The van der Waals surface area contributed by atoms with Crippen LogP contribution in [0.25, 0.3) is 0 Å². The predicted molar refractivity (Wildman–Crippen MR) is 84.6 cm³/mol. The zero-order valence-electron chi connectivity index (χ0n) is 13.3. The number of ether oxygens (including phenoxy) is 2. The highest BCUT2D eigenvalue weighted by molar-refractivity contribution is 6.21. The maximum absolute atomic E-state index is 12.7. The molecule has 134 valence electrons. The van der Waals surface area contributed by atoms with Crippen LogP contribution in [-0.2, 0) is 9.47 Å². The van der Waals surface area contributed by atoms with Crippen molar-refractivity contribution in [1.82, 2.24) is 4.90 Å². The fraction of sp³-hybridized carbons (Fsp3) is 0.412. The Morgan fingerprint density at radius 3 is 2.28 bits per heavy atom. The summed E-state index contributed by atoms with van der Waals surface area (Å²) in [5.41, 5.74) is 0.418. The van der Waals surface area contributed by atoms with Crippen molar-refractivity contribution < 1.29 is 34.4 Å². The number of aliphatic hydroxyl groups is 3. The Balaban J connectivity index is 1.96. The second kappa shape index (κ2) is 7.03. The van der Waals surface area contributed by atoms with Gasteiger partial charge >= 0.3 is 0 Å². The van der Waals surface area contributed by atoms with Crippen molar-refractivity contribution in [3.63, 3.8) is 0 Å². The second-order valence-electron chi connectivity index (χ2n) is 5.85. The van der Waals surface area contributed by atoms with E-state index in [1.54, 1.807) is 12.1 Å². The lowest BCUT2D eigenvalue weighted by Crippen LogP contribution is -2.65. The quantitative estimate of drug-likeness (QED) is 0.475. The summed E-state index contributed by atoms with van der Waals surface area (Å²) in [7, 11) is 0. The van der Waals surface area contributed by atoms with E-state index in [9.17, 15) is 24.9 Å². The Labute approximate surface area is 143 Å². The number of rotatable bonds is 5. The van der Waals surface area contributed by atoms with E-state index in [1.807, 2.05) is 0 Å². The van der Waals surface area contributed by atoms with E-state index in [0.717, 1.165) is 4.90 Å². The fourth-order valence-electron chi connectivity index (χ4n) is 3.12. The lowest BCUT2D eigenvalue weighted by molar-refractivity contribution is -0.276. The number of hydrogen-bond acceptors (Lipinski definition) is 7. The zero-order valence-corrected chi connectivity index (χ0v) is 13.3. The highest BCUT2D eigenvalue weighted by Gasteiger charge is 2.53. The monoisotopic (exact) mass is 349 g/mol. The van der Waals surface area contributed by atoms with E-state index < -0.39 is 49.1 Å². The number of fused-ring (bicyclic) bond motifs is 1. The molecular weight excluding hydrogens is 330 g/mol. The Hall–Kier alpha value is -2.10. The maximum Gasteiger partial charge on any atom is 0.262 e. The molecule has 0 radical (unpaired) electrons. The third kappa shape index (κ3) is 2.88. The van der Waals surface area contributed by atoms with Crippen LogP contribution in [0.5, 0.6) is 0 Å². The first-order valence-corrected chi connectivity index (χ1v) is 7.83. The van der Waals surface area contributed by atoms with E-state index in [0.29, 0.717) is 0 Å². The average Bonchev–Trinajstić information content (AvgIpc) is 2.87. The molecule has 0 aliphatic carbocycles. The van der Waals surface area contributed by atoms with Crippen molar-refractivity contribution >= 4 is 11.8 Å². The number of benzene rings is 1. The van der Waals surface area contributed by atoms with E-state index >= 15 is 0 Å². The summed E-state index contributed by atoms with van der Waals surface area (Å²) in [6, 6.07) is 5.02. The van der Waals surface area contributed by atoms with Crippen molar-refractivity contribution in [2.24, 2.45) is 0 Å². The van der Waals surface area contributed by atoms with Crippen LogP contribution in [0.2, 0.25) is 0 Å². The van der Waals surface area contributed by atoms with Crippen LogP contribution in [0.3, 0.4) is 0 Å². The molecule has 0 bridgehead atoms. The van der Waals surface area contributed by atoms with Crippen LogP contribution in [0, 0.1) is 0 Å². The maximum atomic E-state index is 12.7. The summed E-state index contributed by atoms with van der Waals surface area (Å²) in [5.74, 6) is -1.20.